The van der Waals surface area contributed by atoms with Crippen molar-refractivity contribution in [3.05, 3.63) is 29.8 Å². The molecule has 0 saturated heterocycles. The Labute approximate surface area is 85.3 Å². The highest BCUT2D eigenvalue weighted by Gasteiger charge is 2.01. The zero-order valence-corrected chi connectivity index (χ0v) is 9.40. The fourth-order valence-electron chi connectivity index (χ4n) is 1.17. The highest BCUT2D eigenvalue weighted by molar-refractivity contribution is 7.97. The molecule has 72 valence electrons. The molecule has 0 heterocycles. The fraction of sp³-hybridized carbons (Fsp3) is 0.455. The SMILES string of the molecule is CCN(CC)Sc1cccc(C)c1. The number of nitrogens with zero attached hydrogens (tertiary/aromatic N) is 1. The normalized spacial score (nSPS) is 10.8. The number of benzene rings is 1. The first-order valence-electron chi connectivity index (χ1n) is 4.75. The summed E-state index contributed by atoms with van der Waals surface area (Å²) >= 11 is 1.84. The van der Waals surface area contributed by atoms with Crippen LogP contribution in [0.4, 0.5) is 0 Å². The first-order chi connectivity index (χ1) is 6.26. The molecule has 2 heteroatoms. The summed E-state index contributed by atoms with van der Waals surface area (Å²) in [5.74, 6) is 0. The number of hydrogen-bond donors (Lipinski definition) is 0. The van der Waals surface area contributed by atoms with Gasteiger partial charge in [0, 0.05) is 18.0 Å². The molecule has 0 aromatic heterocycles. The van der Waals surface area contributed by atoms with Crippen LogP contribution in [0.15, 0.2) is 29.2 Å². The molecule has 0 saturated carbocycles. The van der Waals surface area contributed by atoms with E-state index in [1.54, 1.807) is 0 Å². The summed E-state index contributed by atoms with van der Waals surface area (Å²) in [6, 6.07) is 8.63. The second-order valence-corrected chi connectivity index (χ2v) is 4.19. The van der Waals surface area contributed by atoms with E-state index in [0.717, 1.165) is 13.1 Å². The van der Waals surface area contributed by atoms with Crippen molar-refractivity contribution in [2.24, 2.45) is 0 Å². The Kier molecular flexibility index (Phi) is 4.33. The largest absolute Gasteiger partial charge is 0.247 e. The lowest BCUT2D eigenvalue weighted by atomic mass is 10.2. The Balaban J connectivity index is 2.62. The van der Waals surface area contributed by atoms with Crippen molar-refractivity contribution < 1.29 is 0 Å². The van der Waals surface area contributed by atoms with E-state index in [2.05, 4.69) is 49.3 Å². The van der Waals surface area contributed by atoms with Crippen molar-refractivity contribution in [2.45, 2.75) is 25.7 Å². The van der Waals surface area contributed by atoms with E-state index in [0.29, 0.717) is 0 Å². The number of hydrogen-bond acceptors (Lipinski definition) is 2. The van der Waals surface area contributed by atoms with Gasteiger partial charge in [-0.3, -0.25) is 0 Å². The first kappa shape index (κ1) is 10.6. The molecule has 0 aliphatic heterocycles. The quantitative estimate of drug-likeness (QED) is 0.678. The molecule has 1 aromatic rings. The minimum atomic E-state index is 1.09. The Bertz CT molecular complexity index is 256. The van der Waals surface area contributed by atoms with Crippen molar-refractivity contribution in [3.63, 3.8) is 0 Å². The lowest BCUT2D eigenvalue weighted by molar-refractivity contribution is 0.525. The molecular formula is C11H17NS. The van der Waals surface area contributed by atoms with Gasteiger partial charge in [0.2, 0.25) is 0 Å². The first-order valence-corrected chi connectivity index (χ1v) is 5.53. The molecule has 0 aliphatic carbocycles. The van der Waals surface area contributed by atoms with Gasteiger partial charge in [0.25, 0.3) is 0 Å². The van der Waals surface area contributed by atoms with Crippen molar-refractivity contribution in [1.29, 1.82) is 0 Å². The monoisotopic (exact) mass is 195 g/mol. The fourth-order valence-corrected chi connectivity index (χ4v) is 2.11. The molecule has 0 fully saturated rings. The molecule has 0 amide bonds. The lowest BCUT2D eigenvalue weighted by Gasteiger charge is -2.16. The van der Waals surface area contributed by atoms with E-state index in [9.17, 15) is 0 Å². The van der Waals surface area contributed by atoms with Crippen molar-refractivity contribution in [3.8, 4) is 0 Å². The smallest absolute Gasteiger partial charge is 0.0232 e. The minimum absolute atomic E-state index is 1.09. The van der Waals surface area contributed by atoms with E-state index in [1.807, 2.05) is 11.9 Å². The molecule has 0 aliphatic rings. The predicted molar refractivity (Wildman–Crippen MR) is 60.0 cm³/mol. The summed E-state index contributed by atoms with van der Waals surface area (Å²) < 4.78 is 2.34. The van der Waals surface area contributed by atoms with Crippen molar-refractivity contribution >= 4 is 11.9 Å². The summed E-state index contributed by atoms with van der Waals surface area (Å²) in [5, 5.41) is 0. The maximum Gasteiger partial charge on any atom is 0.0232 e. The Morgan fingerprint density at radius 3 is 2.46 bits per heavy atom. The van der Waals surface area contributed by atoms with Crippen LogP contribution in [0.3, 0.4) is 0 Å². The summed E-state index contributed by atoms with van der Waals surface area (Å²) in [5.41, 5.74) is 1.33. The zero-order valence-electron chi connectivity index (χ0n) is 8.58. The molecule has 0 unspecified atom stereocenters. The van der Waals surface area contributed by atoms with Crippen molar-refractivity contribution in [1.82, 2.24) is 4.31 Å². The number of aryl methyl sites for hydroxylation is 1. The van der Waals surface area contributed by atoms with Gasteiger partial charge in [0.15, 0.2) is 0 Å². The van der Waals surface area contributed by atoms with E-state index in [4.69, 9.17) is 0 Å². The molecule has 0 N–H and O–H groups in total. The van der Waals surface area contributed by atoms with Crippen LogP contribution in [0.25, 0.3) is 0 Å². The highest BCUT2D eigenvalue weighted by atomic mass is 32.2. The highest BCUT2D eigenvalue weighted by Crippen LogP contribution is 2.22. The second-order valence-electron chi connectivity index (χ2n) is 3.02. The molecule has 0 atom stereocenters. The van der Waals surface area contributed by atoms with Crippen LogP contribution in [-0.2, 0) is 0 Å². The van der Waals surface area contributed by atoms with Crippen molar-refractivity contribution in [2.75, 3.05) is 13.1 Å². The maximum absolute atomic E-state index is 2.34. The van der Waals surface area contributed by atoms with Crippen LogP contribution in [0, 0.1) is 6.92 Å². The summed E-state index contributed by atoms with van der Waals surface area (Å²) in [4.78, 5) is 1.34. The van der Waals surface area contributed by atoms with Crippen LogP contribution >= 0.6 is 11.9 Å². The third-order valence-corrected chi connectivity index (χ3v) is 3.17. The van der Waals surface area contributed by atoms with Gasteiger partial charge >= 0.3 is 0 Å². The minimum Gasteiger partial charge on any atom is -0.247 e. The van der Waals surface area contributed by atoms with E-state index < -0.39 is 0 Å². The van der Waals surface area contributed by atoms with Gasteiger partial charge in [-0.15, -0.1) is 0 Å². The summed E-state index contributed by atoms with van der Waals surface area (Å²) in [6.45, 7) is 8.69. The van der Waals surface area contributed by atoms with Gasteiger partial charge in [-0.25, -0.2) is 4.31 Å². The van der Waals surface area contributed by atoms with Gasteiger partial charge in [0.1, 0.15) is 0 Å². The number of rotatable bonds is 4. The third kappa shape index (κ3) is 3.41. The van der Waals surface area contributed by atoms with Gasteiger partial charge in [0.05, 0.1) is 0 Å². The Morgan fingerprint density at radius 1 is 1.23 bits per heavy atom. The topological polar surface area (TPSA) is 3.24 Å². The van der Waals surface area contributed by atoms with Crippen LogP contribution in [0.1, 0.15) is 19.4 Å². The van der Waals surface area contributed by atoms with Gasteiger partial charge in [-0.05, 0) is 36.6 Å². The van der Waals surface area contributed by atoms with Crippen LogP contribution < -0.4 is 0 Å². The van der Waals surface area contributed by atoms with E-state index in [1.165, 1.54) is 10.5 Å². The molecule has 1 rings (SSSR count). The summed E-state index contributed by atoms with van der Waals surface area (Å²) in [7, 11) is 0. The Morgan fingerprint density at radius 2 is 1.92 bits per heavy atom. The second kappa shape index (κ2) is 5.30. The molecule has 1 aromatic carbocycles. The third-order valence-electron chi connectivity index (χ3n) is 1.93. The molecule has 0 bridgehead atoms. The van der Waals surface area contributed by atoms with Gasteiger partial charge < -0.3 is 0 Å². The molecule has 0 radical (unpaired) electrons. The average molecular weight is 195 g/mol. The Hall–Kier alpha value is -0.470. The lowest BCUT2D eigenvalue weighted by Crippen LogP contribution is -2.13. The molecule has 1 nitrogen and oxygen atoms in total. The van der Waals surface area contributed by atoms with Crippen LogP contribution in [0.2, 0.25) is 0 Å². The van der Waals surface area contributed by atoms with Crippen LogP contribution in [0.5, 0.6) is 0 Å². The van der Waals surface area contributed by atoms with E-state index >= 15 is 0 Å². The van der Waals surface area contributed by atoms with Gasteiger partial charge in [-0.1, -0.05) is 26.0 Å². The molecular weight excluding hydrogens is 178 g/mol. The maximum atomic E-state index is 2.34. The predicted octanol–water partition coefficient (Wildman–Crippen LogP) is 3.34. The standard InChI is InChI=1S/C11H17NS/c1-4-12(5-2)13-11-8-6-7-10(3)9-11/h6-9H,4-5H2,1-3H3. The molecule has 0 spiro atoms. The average Bonchev–Trinajstić information content (AvgIpc) is 2.14. The molecule has 13 heavy (non-hydrogen) atoms. The van der Waals surface area contributed by atoms with Crippen LogP contribution in [-0.4, -0.2) is 17.4 Å². The van der Waals surface area contributed by atoms with E-state index in [-0.39, 0.29) is 0 Å². The van der Waals surface area contributed by atoms with Gasteiger partial charge in [-0.2, -0.15) is 0 Å². The summed E-state index contributed by atoms with van der Waals surface area (Å²) in [6.07, 6.45) is 0. The zero-order chi connectivity index (χ0) is 9.68.